The van der Waals surface area contributed by atoms with Crippen molar-refractivity contribution in [3.63, 3.8) is 0 Å². The molecule has 4 aromatic heterocycles. The number of nitrogens with one attached hydrogen (secondary N) is 2. The number of anilines is 2. The number of piperidine rings is 1. The summed E-state index contributed by atoms with van der Waals surface area (Å²) in [6.07, 6.45) is -3.62. The molecule has 4 aromatic rings. The Hall–Kier alpha value is -3.97. The van der Waals surface area contributed by atoms with Crippen molar-refractivity contribution >= 4 is 34.4 Å². The van der Waals surface area contributed by atoms with Crippen molar-refractivity contribution in [3.05, 3.63) is 30.2 Å². The molecule has 2 N–H and O–H groups in total. The van der Waals surface area contributed by atoms with Crippen LogP contribution in [0.15, 0.2) is 24.4 Å². The van der Waals surface area contributed by atoms with Crippen LogP contribution in [0.2, 0.25) is 0 Å². The van der Waals surface area contributed by atoms with Gasteiger partial charge in [0.2, 0.25) is 11.9 Å². The lowest BCUT2D eigenvalue weighted by atomic mass is 10.0. The standard InChI is InChI=1S/C23H25F4N9O/c1-12-29-18-5-4-16(30-21(18)35(12)11-23(25,26)27)14-6-9-36-19(14)20(28-3)32-22(33-36)31-17-7-8-34(13(2)37)10-15(17)24/h4-6,9,15,17H,7-8,10-11H2,1-3H3,(H2,28,31,32,33)/t15-,17+/m1/s1. The van der Waals surface area contributed by atoms with E-state index in [0.717, 1.165) is 4.57 Å². The number of carbonyl (C=O) groups is 1. The van der Waals surface area contributed by atoms with Crippen molar-refractivity contribution in [1.29, 1.82) is 0 Å². The van der Waals surface area contributed by atoms with E-state index in [1.54, 1.807) is 36.0 Å². The first-order chi connectivity index (χ1) is 17.5. The van der Waals surface area contributed by atoms with E-state index < -0.39 is 24.9 Å². The lowest BCUT2D eigenvalue weighted by Gasteiger charge is -2.34. The molecule has 0 saturated carbocycles. The van der Waals surface area contributed by atoms with E-state index in [2.05, 4.69) is 30.7 Å². The molecule has 0 radical (unpaired) electrons. The van der Waals surface area contributed by atoms with E-state index in [9.17, 15) is 22.4 Å². The molecule has 5 heterocycles. The fourth-order valence-corrected chi connectivity index (χ4v) is 4.62. The number of hydrogen-bond acceptors (Lipinski definition) is 7. The molecule has 37 heavy (non-hydrogen) atoms. The number of hydrogen-bond donors (Lipinski definition) is 2. The molecule has 1 aliphatic heterocycles. The zero-order valence-electron chi connectivity index (χ0n) is 20.3. The summed E-state index contributed by atoms with van der Waals surface area (Å²) in [5.74, 6) is 0.676. The second-order valence-corrected chi connectivity index (χ2v) is 8.98. The highest BCUT2D eigenvalue weighted by molar-refractivity contribution is 5.89. The third-order valence-corrected chi connectivity index (χ3v) is 6.45. The van der Waals surface area contributed by atoms with Gasteiger partial charge in [-0.1, -0.05) is 0 Å². The number of aromatic nitrogens is 6. The number of fused-ring (bicyclic) bond motifs is 2. The number of rotatable bonds is 5. The normalized spacial score (nSPS) is 18.5. The molecule has 5 rings (SSSR count). The lowest BCUT2D eigenvalue weighted by Crippen LogP contribution is -2.49. The minimum absolute atomic E-state index is 0.000338. The summed E-state index contributed by atoms with van der Waals surface area (Å²) < 4.78 is 56.7. The van der Waals surface area contributed by atoms with E-state index in [1.165, 1.54) is 18.7 Å². The molecule has 1 fully saturated rings. The first kappa shape index (κ1) is 24.7. The van der Waals surface area contributed by atoms with Crippen LogP contribution in [0.25, 0.3) is 27.9 Å². The molecule has 0 aromatic carbocycles. The van der Waals surface area contributed by atoms with Gasteiger partial charge in [-0.05, 0) is 31.5 Å². The van der Waals surface area contributed by atoms with Crippen molar-refractivity contribution in [2.75, 3.05) is 30.8 Å². The monoisotopic (exact) mass is 519 g/mol. The average Bonchev–Trinajstić information content (AvgIpc) is 3.39. The zero-order chi connectivity index (χ0) is 26.5. The molecule has 0 aliphatic carbocycles. The number of pyridine rings is 1. The Morgan fingerprint density at radius 1 is 1.19 bits per heavy atom. The number of likely N-dealkylation sites (tertiary alicyclic amines) is 1. The van der Waals surface area contributed by atoms with Crippen molar-refractivity contribution in [2.45, 2.75) is 45.2 Å². The Morgan fingerprint density at radius 3 is 2.65 bits per heavy atom. The quantitative estimate of drug-likeness (QED) is 0.389. The highest BCUT2D eigenvalue weighted by Crippen LogP contribution is 2.31. The van der Waals surface area contributed by atoms with Crippen LogP contribution in [0.1, 0.15) is 19.2 Å². The molecule has 1 saturated heterocycles. The summed E-state index contributed by atoms with van der Waals surface area (Å²) in [5.41, 5.74) is 2.08. The molecule has 0 unspecified atom stereocenters. The first-order valence-corrected chi connectivity index (χ1v) is 11.7. The summed E-state index contributed by atoms with van der Waals surface area (Å²) in [7, 11) is 1.67. The van der Waals surface area contributed by atoms with Crippen molar-refractivity contribution in [1.82, 2.24) is 34.0 Å². The van der Waals surface area contributed by atoms with Gasteiger partial charge >= 0.3 is 6.18 Å². The number of halogens is 4. The summed E-state index contributed by atoms with van der Waals surface area (Å²) in [5, 5.41) is 10.5. The topological polar surface area (TPSA) is 105 Å². The average molecular weight is 520 g/mol. The van der Waals surface area contributed by atoms with Gasteiger partial charge in [-0.15, -0.1) is 5.10 Å². The Balaban J connectivity index is 1.49. The summed E-state index contributed by atoms with van der Waals surface area (Å²) >= 11 is 0. The molecule has 0 bridgehead atoms. The maximum absolute atomic E-state index is 14.7. The van der Waals surface area contributed by atoms with Gasteiger partial charge in [-0.2, -0.15) is 18.2 Å². The van der Waals surface area contributed by atoms with Crippen LogP contribution in [0.3, 0.4) is 0 Å². The Bertz CT molecular complexity index is 1480. The maximum Gasteiger partial charge on any atom is 0.406 e. The highest BCUT2D eigenvalue weighted by Gasteiger charge is 2.32. The van der Waals surface area contributed by atoms with Gasteiger partial charge in [-0.25, -0.2) is 18.9 Å². The number of aryl methyl sites for hydroxylation is 1. The van der Waals surface area contributed by atoms with E-state index in [4.69, 9.17) is 0 Å². The first-order valence-electron chi connectivity index (χ1n) is 11.7. The van der Waals surface area contributed by atoms with Gasteiger partial charge < -0.3 is 20.1 Å². The van der Waals surface area contributed by atoms with Gasteiger partial charge in [0.15, 0.2) is 11.5 Å². The summed E-state index contributed by atoms with van der Waals surface area (Å²) in [4.78, 5) is 26.2. The van der Waals surface area contributed by atoms with Crippen LogP contribution in [0.5, 0.6) is 0 Å². The molecule has 14 heteroatoms. The molecule has 1 aliphatic rings. The van der Waals surface area contributed by atoms with Gasteiger partial charge in [-0.3, -0.25) is 4.79 Å². The number of nitrogens with zero attached hydrogens (tertiary/aromatic N) is 7. The minimum atomic E-state index is -4.42. The molecule has 0 spiro atoms. The summed E-state index contributed by atoms with van der Waals surface area (Å²) in [6, 6.07) is 4.49. The third kappa shape index (κ3) is 4.74. The van der Waals surface area contributed by atoms with Crippen LogP contribution in [0.4, 0.5) is 29.3 Å². The van der Waals surface area contributed by atoms with Gasteiger partial charge in [0.05, 0.1) is 18.3 Å². The molecule has 1 amide bonds. The van der Waals surface area contributed by atoms with E-state index in [-0.39, 0.29) is 29.9 Å². The molecule has 2 atom stereocenters. The van der Waals surface area contributed by atoms with Gasteiger partial charge in [0, 0.05) is 32.3 Å². The van der Waals surface area contributed by atoms with Gasteiger partial charge in [0.25, 0.3) is 0 Å². The number of amides is 1. The molecule has 10 nitrogen and oxygen atoms in total. The predicted octanol–water partition coefficient (Wildman–Crippen LogP) is 3.42. The van der Waals surface area contributed by atoms with Crippen LogP contribution in [-0.4, -0.2) is 78.5 Å². The molecular formula is C23H25F4N9O. The van der Waals surface area contributed by atoms with Crippen LogP contribution < -0.4 is 10.6 Å². The third-order valence-electron chi connectivity index (χ3n) is 6.45. The fourth-order valence-electron chi connectivity index (χ4n) is 4.62. The molecule has 196 valence electrons. The lowest BCUT2D eigenvalue weighted by molar-refractivity contribution is -0.140. The number of carbonyl (C=O) groups excluding carboxylic acids is 1. The Kier molecular flexibility index (Phi) is 6.12. The van der Waals surface area contributed by atoms with Crippen LogP contribution in [0, 0.1) is 6.92 Å². The van der Waals surface area contributed by atoms with Crippen LogP contribution >= 0.6 is 0 Å². The Labute approximate surface area is 208 Å². The highest BCUT2D eigenvalue weighted by atomic mass is 19.4. The summed E-state index contributed by atoms with van der Waals surface area (Å²) in [6.45, 7) is 2.16. The van der Waals surface area contributed by atoms with E-state index in [0.29, 0.717) is 41.1 Å². The fraction of sp³-hybridized carbons (Fsp3) is 0.435. The van der Waals surface area contributed by atoms with Crippen molar-refractivity contribution < 1.29 is 22.4 Å². The van der Waals surface area contributed by atoms with Crippen molar-refractivity contribution in [3.8, 4) is 11.3 Å². The zero-order valence-corrected chi connectivity index (χ0v) is 20.3. The maximum atomic E-state index is 14.7. The van der Waals surface area contributed by atoms with E-state index in [1.807, 2.05) is 0 Å². The molecular weight excluding hydrogens is 494 g/mol. The number of imidazole rings is 1. The second-order valence-electron chi connectivity index (χ2n) is 8.98. The van der Waals surface area contributed by atoms with Crippen LogP contribution in [-0.2, 0) is 11.3 Å². The second kappa shape index (κ2) is 9.16. The predicted molar refractivity (Wildman–Crippen MR) is 129 cm³/mol. The largest absolute Gasteiger partial charge is 0.406 e. The van der Waals surface area contributed by atoms with Gasteiger partial charge in [0.1, 0.15) is 29.6 Å². The Morgan fingerprint density at radius 2 is 1.97 bits per heavy atom. The SMILES string of the molecule is CNc1nc(N[C@H]2CCN(C(C)=O)C[C@H]2F)nn2ccc(-c3ccc4nc(C)n(CC(F)(F)F)c4n3)c12. The number of alkyl halides is 4. The minimum Gasteiger partial charge on any atom is -0.371 e. The smallest absolute Gasteiger partial charge is 0.371 e. The van der Waals surface area contributed by atoms with Crippen molar-refractivity contribution in [2.24, 2.45) is 0 Å². The van der Waals surface area contributed by atoms with E-state index >= 15 is 0 Å².